The number of thiazole rings is 1. The van der Waals surface area contributed by atoms with Gasteiger partial charge in [-0.2, -0.15) is 0 Å². The molecule has 0 saturated carbocycles. The smallest absolute Gasteiger partial charge is 0.225 e. The van der Waals surface area contributed by atoms with E-state index < -0.39 is 0 Å². The maximum atomic E-state index is 12.4. The van der Waals surface area contributed by atoms with Crippen LogP contribution < -0.4 is 5.32 Å². The molecule has 4 nitrogen and oxygen atoms in total. The van der Waals surface area contributed by atoms with E-state index in [4.69, 9.17) is 16.6 Å². The molecule has 0 fully saturated rings. The number of aromatic nitrogens is 2. The van der Waals surface area contributed by atoms with E-state index in [1.165, 1.54) is 11.1 Å². The lowest BCUT2D eigenvalue weighted by molar-refractivity contribution is -0.120. The number of hydrogen-bond acceptors (Lipinski definition) is 3. The van der Waals surface area contributed by atoms with Crippen LogP contribution in [0.2, 0.25) is 5.02 Å². The monoisotopic (exact) mass is 459 g/mol. The predicted octanol–water partition coefficient (Wildman–Crippen LogP) is 5.66. The molecule has 7 heteroatoms. The van der Waals surface area contributed by atoms with Crippen LogP contribution >= 0.6 is 35.3 Å². The van der Waals surface area contributed by atoms with Gasteiger partial charge < -0.3 is 5.32 Å². The summed E-state index contributed by atoms with van der Waals surface area (Å²) < 4.78 is 2.02. The Morgan fingerprint density at radius 1 is 1.13 bits per heavy atom. The van der Waals surface area contributed by atoms with Crippen LogP contribution in [0.1, 0.15) is 22.4 Å². The molecule has 0 aliphatic carbocycles. The first kappa shape index (κ1) is 22.3. The highest BCUT2D eigenvalue weighted by molar-refractivity contribution is 7.15. The Kier molecular flexibility index (Phi) is 7.19. The summed E-state index contributed by atoms with van der Waals surface area (Å²) in [5, 5.41) is 5.73. The Labute approximate surface area is 191 Å². The Hall–Kier alpha value is -2.34. The van der Waals surface area contributed by atoms with Crippen molar-refractivity contribution in [3.8, 4) is 11.3 Å². The van der Waals surface area contributed by atoms with Gasteiger partial charge in [-0.1, -0.05) is 35.9 Å². The van der Waals surface area contributed by atoms with Gasteiger partial charge in [-0.05, 0) is 55.2 Å². The van der Waals surface area contributed by atoms with Gasteiger partial charge in [-0.3, -0.25) is 9.20 Å². The van der Waals surface area contributed by atoms with Crippen molar-refractivity contribution in [3.05, 3.63) is 81.4 Å². The first-order valence-electron chi connectivity index (χ1n) is 9.54. The molecule has 0 radical (unpaired) electrons. The lowest BCUT2D eigenvalue weighted by atomic mass is 10.0. The molecular formula is C23H23Cl2N3OS. The summed E-state index contributed by atoms with van der Waals surface area (Å²) in [5.74, 6) is 0.0140. The highest BCUT2D eigenvalue weighted by atomic mass is 35.5. The van der Waals surface area contributed by atoms with Gasteiger partial charge in [0.25, 0.3) is 0 Å². The van der Waals surface area contributed by atoms with E-state index in [1.54, 1.807) is 11.3 Å². The van der Waals surface area contributed by atoms with Crippen LogP contribution in [-0.4, -0.2) is 21.8 Å². The lowest BCUT2D eigenvalue weighted by Crippen LogP contribution is -2.27. The number of nitrogens with one attached hydrogen (secondary N) is 1. The lowest BCUT2D eigenvalue weighted by Gasteiger charge is -2.05. The molecule has 2 aromatic carbocycles. The fourth-order valence-corrected chi connectivity index (χ4v) is 4.22. The van der Waals surface area contributed by atoms with E-state index in [9.17, 15) is 4.79 Å². The molecule has 30 heavy (non-hydrogen) atoms. The van der Waals surface area contributed by atoms with E-state index in [1.807, 2.05) is 40.2 Å². The minimum atomic E-state index is 0. The van der Waals surface area contributed by atoms with Crippen LogP contribution in [0.5, 0.6) is 0 Å². The van der Waals surface area contributed by atoms with Gasteiger partial charge in [0.2, 0.25) is 5.91 Å². The fourth-order valence-electron chi connectivity index (χ4n) is 3.22. The summed E-state index contributed by atoms with van der Waals surface area (Å²) in [4.78, 5) is 18.0. The fraction of sp³-hybridized carbons (Fsp3) is 0.217. The van der Waals surface area contributed by atoms with Gasteiger partial charge in [0, 0.05) is 34.4 Å². The van der Waals surface area contributed by atoms with Crippen molar-refractivity contribution < 1.29 is 4.79 Å². The molecule has 0 aliphatic heterocycles. The first-order valence-corrected chi connectivity index (χ1v) is 10.8. The summed E-state index contributed by atoms with van der Waals surface area (Å²) in [7, 11) is 0. The SMILES string of the molecule is Cc1ccc(-c2cn3c(CC(=O)NCCc4ccc(Cl)cc4)csc3n2)cc1C.Cl. The number of aryl methyl sites for hydroxylation is 2. The largest absolute Gasteiger partial charge is 0.355 e. The number of hydrogen-bond donors (Lipinski definition) is 1. The molecule has 0 aliphatic rings. The van der Waals surface area contributed by atoms with Crippen LogP contribution in [0, 0.1) is 13.8 Å². The molecule has 4 rings (SSSR count). The minimum Gasteiger partial charge on any atom is -0.355 e. The normalized spacial score (nSPS) is 10.8. The van der Waals surface area contributed by atoms with E-state index in [-0.39, 0.29) is 18.3 Å². The zero-order valence-corrected chi connectivity index (χ0v) is 19.2. The molecule has 0 atom stereocenters. The number of nitrogens with zero attached hydrogens (tertiary/aromatic N) is 2. The highest BCUT2D eigenvalue weighted by Crippen LogP contribution is 2.25. The number of benzene rings is 2. The van der Waals surface area contributed by atoms with Crippen LogP contribution in [0.15, 0.2) is 54.0 Å². The van der Waals surface area contributed by atoms with E-state index in [2.05, 4.69) is 37.4 Å². The van der Waals surface area contributed by atoms with Gasteiger partial charge in [-0.15, -0.1) is 23.7 Å². The summed E-state index contributed by atoms with van der Waals surface area (Å²) in [6, 6.07) is 14.1. The zero-order valence-electron chi connectivity index (χ0n) is 16.8. The third kappa shape index (κ3) is 5.04. The van der Waals surface area contributed by atoms with Crippen molar-refractivity contribution in [3.63, 3.8) is 0 Å². The summed E-state index contributed by atoms with van der Waals surface area (Å²) in [6.45, 7) is 4.82. The quantitative estimate of drug-likeness (QED) is 0.404. The molecule has 1 amide bonds. The summed E-state index contributed by atoms with van der Waals surface area (Å²) in [5.41, 5.74) is 6.66. The molecule has 2 heterocycles. The number of carbonyl (C=O) groups is 1. The maximum Gasteiger partial charge on any atom is 0.225 e. The Morgan fingerprint density at radius 2 is 1.90 bits per heavy atom. The van der Waals surface area contributed by atoms with E-state index in [0.717, 1.165) is 38.9 Å². The third-order valence-electron chi connectivity index (χ3n) is 5.08. The molecule has 2 aromatic heterocycles. The van der Waals surface area contributed by atoms with Crippen molar-refractivity contribution in [1.29, 1.82) is 0 Å². The predicted molar refractivity (Wildman–Crippen MR) is 127 cm³/mol. The van der Waals surface area contributed by atoms with Crippen LogP contribution in [0.4, 0.5) is 0 Å². The number of imidazole rings is 1. The minimum absolute atomic E-state index is 0. The van der Waals surface area contributed by atoms with Gasteiger partial charge in [0.15, 0.2) is 4.96 Å². The molecule has 0 spiro atoms. The summed E-state index contributed by atoms with van der Waals surface area (Å²) in [6.07, 6.45) is 3.14. The molecule has 0 bridgehead atoms. The van der Waals surface area contributed by atoms with Gasteiger partial charge >= 0.3 is 0 Å². The second-order valence-electron chi connectivity index (χ2n) is 7.21. The Bertz CT molecular complexity index is 1170. The average Bonchev–Trinajstić information content (AvgIpc) is 3.28. The van der Waals surface area contributed by atoms with Crippen LogP contribution in [0.3, 0.4) is 0 Å². The Balaban J connectivity index is 0.00000256. The number of amides is 1. The molecule has 156 valence electrons. The topological polar surface area (TPSA) is 46.4 Å². The molecule has 1 N–H and O–H groups in total. The van der Waals surface area contributed by atoms with E-state index >= 15 is 0 Å². The number of halogens is 2. The number of carbonyl (C=O) groups excluding carboxylic acids is 1. The van der Waals surface area contributed by atoms with E-state index in [0.29, 0.717) is 13.0 Å². The second-order valence-corrected chi connectivity index (χ2v) is 8.48. The average molecular weight is 460 g/mol. The van der Waals surface area contributed by atoms with Gasteiger partial charge in [0.1, 0.15) is 0 Å². The van der Waals surface area contributed by atoms with Crippen molar-refractivity contribution >= 4 is 46.2 Å². The van der Waals surface area contributed by atoms with Crippen molar-refractivity contribution in [2.75, 3.05) is 6.54 Å². The number of rotatable bonds is 6. The summed E-state index contributed by atoms with van der Waals surface area (Å²) >= 11 is 7.46. The molecular weight excluding hydrogens is 437 g/mol. The van der Waals surface area contributed by atoms with Crippen molar-refractivity contribution in [2.45, 2.75) is 26.7 Å². The first-order chi connectivity index (χ1) is 14.0. The molecule has 0 unspecified atom stereocenters. The standard InChI is InChI=1S/C23H22ClN3OS.ClH/c1-15-3-6-18(11-16(15)2)21-13-27-20(14-29-23(27)26-21)12-22(28)25-10-9-17-4-7-19(24)8-5-17;/h3-8,11,13-14H,9-10,12H2,1-2H3,(H,25,28);1H. The third-order valence-corrected chi connectivity index (χ3v) is 6.22. The van der Waals surface area contributed by atoms with Crippen molar-refractivity contribution in [1.82, 2.24) is 14.7 Å². The maximum absolute atomic E-state index is 12.4. The highest BCUT2D eigenvalue weighted by Gasteiger charge is 2.13. The molecule has 4 aromatic rings. The van der Waals surface area contributed by atoms with Gasteiger partial charge in [-0.25, -0.2) is 4.98 Å². The van der Waals surface area contributed by atoms with Crippen LogP contribution in [0.25, 0.3) is 16.2 Å². The Morgan fingerprint density at radius 3 is 2.63 bits per heavy atom. The zero-order chi connectivity index (χ0) is 20.4. The van der Waals surface area contributed by atoms with Crippen LogP contribution in [-0.2, 0) is 17.6 Å². The number of fused-ring (bicyclic) bond motifs is 1. The van der Waals surface area contributed by atoms with Crippen molar-refractivity contribution in [2.24, 2.45) is 0 Å². The second kappa shape index (κ2) is 9.65. The van der Waals surface area contributed by atoms with Gasteiger partial charge in [0.05, 0.1) is 12.1 Å². The molecule has 0 saturated heterocycles.